The second kappa shape index (κ2) is 6.54. The van der Waals surface area contributed by atoms with Gasteiger partial charge in [-0.1, -0.05) is 11.6 Å². The number of benzene rings is 1. The van der Waals surface area contributed by atoms with E-state index in [-0.39, 0.29) is 18.0 Å². The topological polar surface area (TPSA) is 82.7 Å². The Hall–Kier alpha value is -2.15. The minimum atomic E-state index is -0.503. The molecule has 2 aliphatic heterocycles. The van der Waals surface area contributed by atoms with Crippen LogP contribution >= 0.6 is 11.6 Å². The Kier molecular flexibility index (Phi) is 4.47. The van der Waals surface area contributed by atoms with Crippen molar-refractivity contribution in [3.05, 3.63) is 23.2 Å². The molecule has 2 heterocycles. The van der Waals surface area contributed by atoms with Crippen molar-refractivity contribution in [1.29, 1.82) is 0 Å². The van der Waals surface area contributed by atoms with Crippen molar-refractivity contribution in [2.75, 3.05) is 31.6 Å². The highest BCUT2D eigenvalue weighted by Gasteiger charge is 2.31. The number of carbonyl (C=O) groups excluding carboxylic acids is 2. The molecule has 2 atom stereocenters. The van der Waals surface area contributed by atoms with E-state index in [4.69, 9.17) is 16.3 Å². The highest BCUT2D eigenvalue weighted by molar-refractivity contribution is 6.30. The van der Waals surface area contributed by atoms with Crippen LogP contribution in [0.1, 0.15) is 6.42 Å². The van der Waals surface area contributed by atoms with Crippen LogP contribution in [-0.2, 0) is 4.79 Å². The first-order chi connectivity index (χ1) is 11.1. The summed E-state index contributed by atoms with van der Waals surface area (Å²) in [6, 6.07) is 4.71. The number of hydrogen-bond acceptors (Lipinski definition) is 4. The normalized spacial score (nSPS) is 23.4. The monoisotopic (exact) mass is 338 g/mol. The summed E-state index contributed by atoms with van der Waals surface area (Å²) in [7, 11) is 1.62. The van der Waals surface area contributed by atoms with E-state index in [0.29, 0.717) is 18.1 Å². The molecule has 2 aliphatic rings. The summed E-state index contributed by atoms with van der Waals surface area (Å²) in [6.45, 7) is 1.80. The third-order valence-corrected chi connectivity index (χ3v) is 4.34. The zero-order valence-corrected chi connectivity index (χ0v) is 13.5. The summed E-state index contributed by atoms with van der Waals surface area (Å²) in [5.41, 5.74) is 0.924. The van der Waals surface area contributed by atoms with Crippen LogP contribution in [0.25, 0.3) is 0 Å². The molecule has 0 saturated carbocycles. The van der Waals surface area contributed by atoms with Gasteiger partial charge in [-0.25, -0.2) is 4.79 Å². The molecule has 0 bridgehead atoms. The Labute approximate surface area is 139 Å². The first-order valence-electron chi connectivity index (χ1n) is 7.50. The van der Waals surface area contributed by atoms with Gasteiger partial charge in [-0.05, 0) is 24.6 Å². The van der Waals surface area contributed by atoms with Crippen LogP contribution in [0, 0.1) is 0 Å². The molecule has 0 spiro atoms. The summed E-state index contributed by atoms with van der Waals surface area (Å²) in [5, 5.41) is 8.79. The second-order valence-corrected chi connectivity index (χ2v) is 6.10. The van der Waals surface area contributed by atoms with E-state index in [2.05, 4.69) is 20.9 Å². The molecule has 1 aromatic rings. The van der Waals surface area contributed by atoms with Crippen molar-refractivity contribution in [2.45, 2.75) is 18.5 Å². The highest BCUT2D eigenvalue weighted by Crippen LogP contribution is 2.33. The van der Waals surface area contributed by atoms with Gasteiger partial charge in [-0.15, -0.1) is 0 Å². The molecule has 0 aromatic heterocycles. The minimum Gasteiger partial charge on any atom is -0.495 e. The molecule has 124 valence electrons. The molecule has 0 radical (unpaired) electrons. The van der Waals surface area contributed by atoms with Crippen molar-refractivity contribution >= 4 is 29.2 Å². The van der Waals surface area contributed by atoms with E-state index >= 15 is 0 Å². The maximum absolute atomic E-state index is 12.1. The Morgan fingerprint density at radius 2 is 2.30 bits per heavy atom. The summed E-state index contributed by atoms with van der Waals surface area (Å²) >= 11 is 6.07. The summed E-state index contributed by atoms with van der Waals surface area (Å²) in [4.78, 5) is 25.4. The Morgan fingerprint density at radius 3 is 3.00 bits per heavy atom. The third kappa shape index (κ3) is 3.44. The maximum Gasteiger partial charge on any atom is 0.315 e. The second-order valence-electron chi connectivity index (χ2n) is 5.66. The average molecular weight is 339 g/mol. The molecule has 0 aliphatic carbocycles. The predicted molar refractivity (Wildman–Crippen MR) is 87.1 cm³/mol. The first-order valence-corrected chi connectivity index (χ1v) is 7.88. The SMILES string of the molecule is COc1ccc(Cl)cc1N1CC[C@H](NC(=O)[C@H]2CNC(=O)N2)C1. The fraction of sp³-hybridized carbons (Fsp3) is 0.467. The molecule has 0 unspecified atom stereocenters. The van der Waals surface area contributed by atoms with Gasteiger partial charge in [0.25, 0.3) is 0 Å². The van der Waals surface area contributed by atoms with E-state index < -0.39 is 6.04 Å². The Morgan fingerprint density at radius 1 is 1.48 bits per heavy atom. The van der Waals surface area contributed by atoms with Crippen LogP contribution in [0.5, 0.6) is 5.75 Å². The van der Waals surface area contributed by atoms with Gasteiger partial charge in [-0.2, -0.15) is 0 Å². The third-order valence-electron chi connectivity index (χ3n) is 4.10. The largest absolute Gasteiger partial charge is 0.495 e. The standard InChI is InChI=1S/C15H19ClN4O3/c1-23-13-3-2-9(16)6-12(13)20-5-4-10(8-20)18-14(21)11-7-17-15(22)19-11/h2-3,6,10-11H,4-5,7-8H2,1H3,(H,18,21)(H2,17,19,22)/t10-,11+/m0/s1. The van der Waals surface area contributed by atoms with Crippen LogP contribution in [0.2, 0.25) is 5.02 Å². The Balaban J connectivity index is 1.61. The van der Waals surface area contributed by atoms with Gasteiger partial charge in [0.2, 0.25) is 5.91 Å². The van der Waals surface area contributed by atoms with Gasteiger partial charge in [-0.3, -0.25) is 4.79 Å². The van der Waals surface area contributed by atoms with Crippen molar-refractivity contribution in [1.82, 2.24) is 16.0 Å². The van der Waals surface area contributed by atoms with Gasteiger partial charge in [0.05, 0.1) is 12.8 Å². The fourth-order valence-electron chi connectivity index (χ4n) is 2.92. The van der Waals surface area contributed by atoms with Gasteiger partial charge in [0.15, 0.2) is 0 Å². The van der Waals surface area contributed by atoms with E-state index in [9.17, 15) is 9.59 Å². The first kappa shape index (κ1) is 15.7. The van der Waals surface area contributed by atoms with Crippen molar-refractivity contribution in [2.24, 2.45) is 0 Å². The number of nitrogens with one attached hydrogen (secondary N) is 3. The zero-order chi connectivity index (χ0) is 16.4. The van der Waals surface area contributed by atoms with Crippen LogP contribution in [0.15, 0.2) is 18.2 Å². The molecule has 3 amide bonds. The highest BCUT2D eigenvalue weighted by atomic mass is 35.5. The van der Waals surface area contributed by atoms with Crippen molar-refractivity contribution in [3.8, 4) is 5.75 Å². The average Bonchev–Trinajstić information content (AvgIpc) is 3.16. The molecule has 1 aromatic carbocycles. The zero-order valence-electron chi connectivity index (χ0n) is 12.8. The smallest absolute Gasteiger partial charge is 0.315 e. The quantitative estimate of drug-likeness (QED) is 0.755. The number of rotatable bonds is 4. The number of hydrogen-bond donors (Lipinski definition) is 3. The number of anilines is 1. The number of carbonyl (C=O) groups is 2. The fourth-order valence-corrected chi connectivity index (χ4v) is 3.09. The molecule has 2 fully saturated rings. The number of methoxy groups -OCH3 is 1. The summed E-state index contributed by atoms with van der Waals surface area (Å²) in [5.74, 6) is 0.599. The lowest BCUT2D eigenvalue weighted by Crippen LogP contribution is -2.47. The number of nitrogens with zero attached hydrogens (tertiary/aromatic N) is 1. The van der Waals surface area contributed by atoms with Crippen LogP contribution in [0.3, 0.4) is 0 Å². The maximum atomic E-state index is 12.1. The summed E-state index contributed by atoms with van der Waals surface area (Å²) in [6.07, 6.45) is 0.829. The van der Waals surface area contributed by atoms with E-state index in [1.165, 1.54) is 0 Å². The van der Waals surface area contributed by atoms with Gasteiger partial charge < -0.3 is 25.6 Å². The number of amides is 3. The van der Waals surface area contributed by atoms with Crippen molar-refractivity contribution < 1.29 is 14.3 Å². The van der Waals surface area contributed by atoms with E-state index in [1.54, 1.807) is 13.2 Å². The minimum absolute atomic E-state index is 0.0312. The van der Waals surface area contributed by atoms with Crippen molar-refractivity contribution in [3.63, 3.8) is 0 Å². The molecule has 8 heteroatoms. The molecule has 7 nitrogen and oxygen atoms in total. The molecule has 2 saturated heterocycles. The number of ether oxygens (including phenoxy) is 1. The van der Waals surface area contributed by atoms with Crippen LogP contribution < -0.4 is 25.6 Å². The van der Waals surface area contributed by atoms with E-state index in [0.717, 1.165) is 24.4 Å². The van der Waals surface area contributed by atoms with Gasteiger partial charge in [0, 0.05) is 30.7 Å². The van der Waals surface area contributed by atoms with Crippen LogP contribution in [-0.4, -0.2) is 50.8 Å². The van der Waals surface area contributed by atoms with Crippen LogP contribution in [0.4, 0.5) is 10.5 Å². The lowest BCUT2D eigenvalue weighted by atomic mass is 10.2. The Bertz CT molecular complexity index is 625. The van der Waals surface area contributed by atoms with E-state index in [1.807, 2.05) is 12.1 Å². The molecular formula is C15H19ClN4O3. The molecule has 23 heavy (non-hydrogen) atoms. The van der Waals surface area contributed by atoms with Gasteiger partial charge >= 0.3 is 6.03 Å². The number of halogens is 1. The number of urea groups is 1. The molecular weight excluding hydrogens is 320 g/mol. The molecule has 3 N–H and O–H groups in total. The molecule has 3 rings (SSSR count). The van der Waals surface area contributed by atoms with Gasteiger partial charge in [0.1, 0.15) is 11.8 Å². The predicted octanol–water partition coefficient (Wildman–Crippen LogP) is 0.725. The lowest BCUT2D eigenvalue weighted by Gasteiger charge is -2.22. The summed E-state index contributed by atoms with van der Waals surface area (Å²) < 4.78 is 5.38. The lowest BCUT2D eigenvalue weighted by molar-refractivity contribution is -0.123.